The quantitative estimate of drug-likeness (QED) is 0.123. The highest BCUT2D eigenvalue weighted by atomic mass is 79.9. The highest BCUT2D eigenvalue weighted by Gasteiger charge is 2.10. The zero-order chi connectivity index (χ0) is 42.9. The first-order valence-corrected chi connectivity index (χ1v) is 22.8. The van der Waals surface area contributed by atoms with Crippen LogP contribution in [-0.4, -0.2) is 4.98 Å². The summed E-state index contributed by atoms with van der Waals surface area (Å²) >= 11 is 3.52. The smallest absolute Gasteiger partial charge is 0.0456 e. The van der Waals surface area contributed by atoms with Crippen molar-refractivity contribution in [1.82, 2.24) is 4.98 Å². The Morgan fingerprint density at radius 3 is 1.42 bits per heavy atom. The van der Waals surface area contributed by atoms with Gasteiger partial charge in [-0.1, -0.05) is 237 Å². The fourth-order valence-electron chi connectivity index (χ4n) is 6.14. The molecule has 57 heavy (non-hydrogen) atoms. The predicted molar refractivity (Wildman–Crippen MR) is 268 cm³/mol. The number of aromatic nitrogens is 1. The number of hydrogen-bond acceptors (Lipinski definition) is 1. The number of nitrogens with zero attached hydrogens (tertiary/aromatic N) is 1. The van der Waals surface area contributed by atoms with E-state index in [0.717, 1.165) is 34.0 Å². The summed E-state index contributed by atoms with van der Waals surface area (Å²) in [6, 6.07) is 28.4. The lowest BCUT2D eigenvalue weighted by atomic mass is 9.89. The van der Waals surface area contributed by atoms with Crippen molar-refractivity contribution in [3.05, 3.63) is 146 Å². The van der Waals surface area contributed by atoms with E-state index in [9.17, 15) is 0 Å². The van der Waals surface area contributed by atoms with Gasteiger partial charge in [0.1, 0.15) is 0 Å². The predicted octanol–water partition coefficient (Wildman–Crippen LogP) is 19.1. The summed E-state index contributed by atoms with van der Waals surface area (Å²) in [7, 11) is 0. The van der Waals surface area contributed by atoms with Crippen LogP contribution in [0.5, 0.6) is 0 Å². The summed E-state index contributed by atoms with van der Waals surface area (Å²) in [5.41, 5.74) is 13.1. The standard InChI is InChI=1S/C16H24.C15H24.C11H14BrN.C8H10.2C2H6.CH4/c1-5-7-15(8-6-2)16-11-9-14(10-12-16)13(3)4;1-4-6-14(7-5-2)12-15-10-8-13(3)9-11-15;1-4-8(2)7-10-9(3)13-6-5-11(10)12;1-7-3-5-8(2)6-4-7;2*1-2;/h9-12,15H,3,5-8H2,1-2,4H3;8-11,14H,4-7,12H2,1-3H3;5-7H,4H2,1-3H3;3-6H,1-2H3;2*1-2H3;1H4/b;;8-7+;;;;. The molecule has 1 aromatic heterocycles. The molecule has 0 spiro atoms. The Labute approximate surface area is 364 Å². The number of rotatable bonds is 14. The first kappa shape index (κ1) is 58.1. The second-order valence-electron chi connectivity index (χ2n) is 14.6. The van der Waals surface area contributed by atoms with E-state index < -0.39 is 0 Å². The summed E-state index contributed by atoms with van der Waals surface area (Å²) in [6.07, 6.45) is 16.9. The van der Waals surface area contributed by atoms with E-state index in [-0.39, 0.29) is 7.43 Å². The number of halogens is 1. The highest BCUT2D eigenvalue weighted by molar-refractivity contribution is 9.10. The van der Waals surface area contributed by atoms with Crippen molar-refractivity contribution in [3.8, 4) is 0 Å². The van der Waals surface area contributed by atoms with Crippen molar-refractivity contribution in [2.45, 2.75) is 181 Å². The van der Waals surface area contributed by atoms with Crippen molar-refractivity contribution in [2.24, 2.45) is 5.92 Å². The van der Waals surface area contributed by atoms with Crippen molar-refractivity contribution in [1.29, 1.82) is 0 Å². The van der Waals surface area contributed by atoms with Gasteiger partial charge in [-0.2, -0.15) is 0 Å². The van der Waals surface area contributed by atoms with Gasteiger partial charge in [-0.25, -0.2) is 0 Å². The molecule has 0 bridgehead atoms. The molecule has 1 nitrogen and oxygen atoms in total. The number of benzene rings is 3. The normalized spacial score (nSPS) is 10.1. The van der Waals surface area contributed by atoms with Gasteiger partial charge in [-0.15, -0.1) is 0 Å². The van der Waals surface area contributed by atoms with E-state index in [0.29, 0.717) is 0 Å². The molecule has 4 rings (SSSR count). The van der Waals surface area contributed by atoms with Crippen LogP contribution in [0.25, 0.3) is 11.6 Å². The van der Waals surface area contributed by atoms with Crippen molar-refractivity contribution < 1.29 is 0 Å². The van der Waals surface area contributed by atoms with Crippen LogP contribution in [0.3, 0.4) is 0 Å². The molecule has 0 unspecified atom stereocenters. The Kier molecular flexibility index (Phi) is 37.8. The molecule has 0 fully saturated rings. The zero-order valence-electron chi connectivity index (χ0n) is 38.9. The van der Waals surface area contributed by atoms with Crippen LogP contribution >= 0.6 is 15.9 Å². The first-order chi connectivity index (χ1) is 26.9. The number of aryl methyl sites for hydroxylation is 4. The Morgan fingerprint density at radius 2 is 1.05 bits per heavy atom. The van der Waals surface area contributed by atoms with E-state index >= 15 is 0 Å². The fourth-order valence-corrected chi connectivity index (χ4v) is 6.66. The van der Waals surface area contributed by atoms with Crippen LogP contribution in [0, 0.1) is 33.6 Å². The third-order valence-corrected chi connectivity index (χ3v) is 10.2. The van der Waals surface area contributed by atoms with E-state index in [1.54, 1.807) is 0 Å². The van der Waals surface area contributed by atoms with Crippen LogP contribution in [-0.2, 0) is 6.42 Å². The second-order valence-corrected chi connectivity index (χ2v) is 15.5. The maximum Gasteiger partial charge on any atom is 0.0456 e. The maximum atomic E-state index is 4.25. The van der Waals surface area contributed by atoms with E-state index in [1.807, 2.05) is 46.9 Å². The third kappa shape index (κ3) is 27.2. The average Bonchev–Trinajstić information content (AvgIpc) is 3.21. The molecular formula is C55H88BrN. The molecule has 320 valence electrons. The molecular weight excluding hydrogens is 755 g/mol. The molecule has 0 saturated carbocycles. The molecule has 1 heterocycles. The van der Waals surface area contributed by atoms with Crippen LogP contribution < -0.4 is 0 Å². The van der Waals surface area contributed by atoms with E-state index in [4.69, 9.17) is 0 Å². The monoisotopic (exact) mass is 842 g/mol. The zero-order valence-corrected chi connectivity index (χ0v) is 40.5. The summed E-state index contributed by atoms with van der Waals surface area (Å²) in [4.78, 5) is 4.25. The molecule has 0 atom stereocenters. The van der Waals surface area contributed by atoms with Gasteiger partial charge < -0.3 is 0 Å². The van der Waals surface area contributed by atoms with Gasteiger partial charge in [0.05, 0.1) is 0 Å². The molecule has 0 aliphatic rings. The minimum Gasteiger partial charge on any atom is -0.261 e. The minimum atomic E-state index is 0. The van der Waals surface area contributed by atoms with Crippen molar-refractivity contribution in [3.63, 3.8) is 0 Å². The Hall–Kier alpha value is -3.23. The van der Waals surface area contributed by atoms with Crippen LogP contribution in [0.4, 0.5) is 0 Å². The van der Waals surface area contributed by atoms with Gasteiger partial charge in [0.15, 0.2) is 0 Å². The minimum absolute atomic E-state index is 0. The van der Waals surface area contributed by atoms with Crippen molar-refractivity contribution >= 4 is 27.6 Å². The van der Waals surface area contributed by atoms with Gasteiger partial charge in [0, 0.05) is 21.9 Å². The molecule has 0 radical (unpaired) electrons. The Bertz CT molecular complexity index is 1490. The Balaban J connectivity index is -0.000000671. The highest BCUT2D eigenvalue weighted by Crippen LogP contribution is 2.27. The topological polar surface area (TPSA) is 12.9 Å². The van der Waals surface area contributed by atoms with Gasteiger partial charge in [-0.05, 0) is 102 Å². The van der Waals surface area contributed by atoms with Gasteiger partial charge in [-0.3, -0.25) is 4.98 Å². The number of allylic oxidation sites excluding steroid dienone is 2. The average molecular weight is 843 g/mol. The molecule has 0 saturated heterocycles. The summed E-state index contributed by atoms with van der Waals surface area (Å²) in [5.74, 6) is 1.64. The van der Waals surface area contributed by atoms with Gasteiger partial charge in [0.25, 0.3) is 0 Å². The number of hydrogen-bond donors (Lipinski definition) is 0. The molecule has 4 aromatic rings. The number of pyridine rings is 1. The summed E-state index contributed by atoms with van der Waals surface area (Å²) < 4.78 is 1.12. The first-order valence-electron chi connectivity index (χ1n) is 22.0. The van der Waals surface area contributed by atoms with Gasteiger partial charge in [0.2, 0.25) is 0 Å². The fraction of sp³-hybridized carbons (Fsp3) is 0.509. The van der Waals surface area contributed by atoms with E-state index in [2.05, 4.69) is 176 Å². The van der Waals surface area contributed by atoms with Crippen LogP contribution in [0.2, 0.25) is 0 Å². The molecule has 0 N–H and O–H groups in total. The molecule has 0 amide bonds. The molecule has 3 aromatic carbocycles. The molecule has 2 heteroatoms. The lowest BCUT2D eigenvalue weighted by molar-refractivity contribution is 0.438. The molecule has 0 aliphatic carbocycles. The Morgan fingerprint density at radius 1 is 0.632 bits per heavy atom. The van der Waals surface area contributed by atoms with Crippen molar-refractivity contribution in [2.75, 3.05) is 0 Å². The third-order valence-electron chi connectivity index (χ3n) is 9.49. The SMILES string of the molecule is C.C=C(C)c1ccc(C(CCC)CCC)cc1.CC.CC.CC/C(C)=C/c1c(Br)ccnc1C.CCCC(CCC)Cc1ccc(C)cc1.Cc1ccc(C)cc1. The van der Waals surface area contributed by atoms with E-state index in [1.165, 1.54) is 102 Å². The second kappa shape index (κ2) is 37.1. The maximum absolute atomic E-state index is 4.25. The van der Waals surface area contributed by atoms with Crippen LogP contribution in [0.15, 0.2) is 102 Å². The van der Waals surface area contributed by atoms with Crippen LogP contribution in [0.1, 0.15) is 192 Å². The largest absolute Gasteiger partial charge is 0.261 e. The molecule has 0 aliphatic heterocycles. The lowest BCUT2D eigenvalue weighted by Gasteiger charge is -2.16. The summed E-state index contributed by atoms with van der Waals surface area (Å²) in [5, 5.41) is 0. The lowest BCUT2D eigenvalue weighted by Crippen LogP contribution is -2.04. The van der Waals surface area contributed by atoms with Gasteiger partial charge >= 0.3 is 0 Å². The summed E-state index contributed by atoms with van der Waals surface area (Å²) in [6.45, 7) is 35.8.